The summed E-state index contributed by atoms with van der Waals surface area (Å²) in [7, 11) is 1.54. The van der Waals surface area contributed by atoms with Crippen LogP contribution in [-0.2, 0) is 4.74 Å². The molecule has 3 aromatic rings. The molecule has 0 bridgehead atoms. The van der Waals surface area contributed by atoms with E-state index in [0.29, 0.717) is 17.1 Å². The molecule has 0 fully saturated rings. The number of halogens is 1. The second kappa shape index (κ2) is 8.45. The second-order valence-electron chi connectivity index (χ2n) is 6.48. The first-order chi connectivity index (χ1) is 13.8. The highest BCUT2D eigenvalue weighted by Crippen LogP contribution is 2.20. The summed E-state index contributed by atoms with van der Waals surface area (Å²) in [6, 6.07) is 11.7. The van der Waals surface area contributed by atoms with Crippen molar-refractivity contribution in [2.24, 2.45) is 0 Å². The van der Waals surface area contributed by atoms with Gasteiger partial charge in [-0.2, -0.15) is 5.10 Å². The van der Waals surface area contributed by atoms with Gasteiger partial charge in [0.1, 0.15) is 5.75 Å². The summed E-state index contributed by atoms with van der Waals surface area (Å²) in [6.07, 6.45) is -1.01. The van der Waals surface area contributed by atoms with Crippen LogP contribution < -0.4 is 4.74 Å². The van der Waals surface area contributed by atoms with Crippen molar-refractivity contribution in [3.63, 3.8) is 0 Å². The first-order valence-electron chi connectivity index (χ1n) is 8.89. The maximum atomic E-state index is 12.6. The molecule has 0 aliphatic rings. The average molecular weight is 414 g/mol. The van der Waals surface area contributed by atoms with E-state index in [0.717, 1.165) is 11.4 Å². The smallest absolute Gasteiger partial charge is 0.359 e. The highest BCUT2D eigenvalue weighted by molar-refractivity contribution is 6.33. The van der Waals surface area contributed by atoms with E-state index in [1.807, 2.05) is 19.9 Å². The van der Waals surface area contributed by atoms with E-state index in [4.69, 9.17) is 21.1 Å². The quantitative estimate of drug-likeness (QED) is 0.449. The fourth-order valence-corrected chi connectivity index (χ4v) is 3.00. The lowest BCUT2D eigenvalue weighted by molar-refractivity contribution is 0.0313. The number of aryl methyl sites for hydroxylation is 2. The maximum Gasteiger partial charge on any atom is 0.359 e. The molecule has 0 saturated heterocycles. The summed E-state index contributed by atoms with van der Waals surface area (Å²) >= 11 is 6.15. The minimum atomic E-state index is -1.01. The Labute approximate surface area is 173 Å². The molecule has 0 aliphatic carbocycles. The van der Waals surface area contributed by atoms with Gasteiger partial charge in [0.2, 0.25) is 5.78 Å². The van der Waals surface area contributed by atoms with Gasteiger partial charge in [-0.3, -0.25) is 4.79 Å². The fraction of sp³-hybridized carbons (Fsp3) is 0.238. The van der Waals surface area contributed by atoms with Gasteiger partial charge in [-0.05, 0) is 63.2 Å². The first kappa shape index (κ1) is 20.5. The number of carbonyl (C=O) groups is 2. The number of rotatable bonds is 6. The largest absolute Gasteiger partial charge is 0.497 e. The first-order valence-corrected chi connectivity index (χ1v) is 9.27. The SMILES string of the molecule is COc1ccc(C(=O)C(C)OC(=O)c2nc(-n3nc(C)cc3C)ccc2Cl)cc1. The van der Waals surface area contributed by atoms with E-state index < -0.39 is 12.1 Å². The molecule has 1 aromatic carbocycles. The van der Waals surface area contributed by atoms with Gasteiger partial charge in [-0.1, -0.05) is 11.6 Å². The number of carbonyl (C=O) groups excluding carboxylic acids is 2. The fourth-order valence-electron chi connectivity index (χ4n) is 2.81. The van der Waals surface area contributed by atoms with Crippen LogP contribution >= 0.6 is 11.6 Å². The van der Waals surface area contributed by atoms with Crippen molar-refractivity contribution in [3.8, 4) is 11.6 Å². The number of hydrogen-bond donors (Lipinski definition) is 0. The van der Waals surface area contributed by atoms with Crippen LogP contribution in [0.25, 0.3) is 5.82 Å². The molecule has 7 nitrogen and oxygen atoms in total. The zero-order chi connectivity index (χ0) is 21.1. The third-order valence-electron chi connectivity index (χ3n) is 4.28. The minimum absolute atomic E-state index is 0.0777. The van der Waals surface area contributed by atoms with Gasteiger partial charge in [0.25, 0.3) is 0 Å². The van der Waals surface area contributed by atoms with Gasteiger partial charge in [-0.15, -0.1) is 0 Å². The number of aromatic nitrogens is 3. The Balaban J connectivity index is 1.79. The van der Waals surface area contributed by atoms with Gasteiger partial charge in [0.15, 0.2) is 17.6 Å². The Hall–Kier alpha value is -3.19. The summed E-state index contributed by atoms with van der Waals surface area (Å²) in [6.45, 7) is 5.24. The molecule has 3 rings (SSSR count). The number of ether oxygens (including phenoxy) is 2. The molecule has 2 heterocycles. The number of Topliss-reactive ketones (excluding diaryl/α,β-unsaturated/α-hetero) is 1. The van der Waals surface area contributed by atoms with Crippen molar-refractivity contribution < 1.29 is 19.1 Å². The average Bonchev–Trinajstić information content (AvgIpc) is 3.05. The Morgan fingerprint density at radius 3 is 2.38 bits per heavy atom. The zero-order valence-electron chi connectivity index (χ0n) is 16.5. The second-order valence-corrected chi connectivity index (χ2v) is 6.89. The standard InChI is InChI=1S/C21H20ClN3O4/c1-12-11-13(2)25(24-12)18-10-9-17(22)19(23-18)21(27)29-14(3)20(26)15-5-7-16(28-4)8-6-15/h5-11,14H,1-4H3. The van der Waals surface area contributed by atoms with Crippen molar-refractivity contribution in [1.29, 1.82) is 0 Å². The van der Waals surface area contributed by atoms with Gasteiger partial charge >= 0.3 is 5.97 Å². The maximum absolute atomic E-state index is 12.6. The molecular weight excluding hydrogens is 394 g/mol. The molecule has 0 amide bonds. The molecule has 1 unspecified atom stereocenters. The van der Waals surface area contributed by atoms with E-state index in [-0.39, 0.29) is 16.5 Å². The van der Waals surface area contributed by atoms with Crippen molar-refractivity contribution in [3.05, 3.63) is 70.1 Å². The predicted molar refractivity (Wildman–Crippen MR) is 108 cm³/mol. The monoisotopic (exact) mass is 413 g/mol. The van der Waals surface area contributed by atoms with Crippen LogP contribution in [0, 0.1) is 13.8 Å². The van der Waals surface area contributed by atoms with Gasteiger partial charge in [0.05, 0.1) is 17.8 Å². The van der Waals surface area contributed by atoms with Gasteiger partial charge in [0, 0.05) is 11.3 Å². The Morgan fingerprint density at radius 1 is 1.10 bits per heavy atom. The molecule has 29 heavy (non-hydrogen) atoms. The Bertz CT molecular complexity index is 1060. The molecular formula is C21H20ClN3O4. The summed E-state index contributed by atoms with van der Waals surface area (Å²) in [5.74, 6) is -0.0659. The number of hydrogen-bond acceptors (Lipinski definition) is 6. The number of esters is 1. The summed E-state index contributed by atoms with van der Waals surface area (Å²) < 4.78 is 12.0. The zero-order valence-corrected chi connectivity index (χ0v) is 17.2. The third-order valence-corrected chi connectivity index (χ3v) is 4.58. The number of nitrogens with zero attached hydrogens (tertiary/aromatic N) is 3. The van der Waals surface area contributed by atoms with Crippen LogP contribution in [-0.4, -0.2) is 39.7 Å². The highest BCUT2D eigenvalue weighted by atomic mass is 35.5. The van der Waals surface area contributed by atoms with Crippen LogP contribution in [0.15, 0.2) is 42.5 Å². The van der Waals surface area contributed by atoms with E-state index in [1.165, 1.54) is 14.0 Å². The summed E-state index contributed by atoms with van der Waals surface area (Å²) in [4.78, 5) is 29.5. The van der Waals surface area contributed by atoms with Crippen molar-refractivity contribution in [2.45, 2.75) is 26.9 Å². The molecule has 0 saturated carbocycles. The van der Waals surface area contributed by atoms with E-state index in [9.17, 15) is 9.59 Å². The van der Waals surface area contributed by atoms with Gasteiger partial charge < -0.3 is 9.47 Å². The molecule has 150 valence electrons. The van der Waals surface area contributed by atoms with Crippen LogP contribution in [0.4, 0.5) is 0 Å². The molecule has 8 heteroatoms. The molecule has 1 atom stereocenters. The summed E-state index contributed by atoms with van der Waals surface area (Å²) in [5, 5.41) is 4.48. The normalized spacial score (nSPS) is 11.8. The van der Waals surface area contributed by atoms with E-state index in [1.54, 1.807) is 41.1 Å². The van der Waals surface area contributed by atoms with Crippen molar-refractivity contribution in [2.75, 3.05) is 7.11 Å². The number of pyridine rings is 1. The molecule has 2 aromatic heterocycles. The number of ketones is 1. The number of benzene rings is 1. The molecule has 0 N–H and O–H groups in total. The Kier molecular flexibility index (Phi) is 5.98. The highest BCUT2D eigenvalue weighted by Gasteiger charge is 2.23. The van der Waals surface area contributed by atoms with Gasteiger partial charge in [-0.25, -0.2) is 14.5 Å². The minimum Gasteiger partial charge on any atom is -0.497 e. The van der Waals surface area contributed by atoms with Crippen molar-refractivity contribution in [1.82, 2.24) is 14.8 Å². The summed E-state index contributed by atoms with van der Waals surface area (Å²) in [5.41, 5.74) is 2.01. The molecule has 0 spiro atoms. The lowest BCUT2D eigenvalue weighted by atomic mass is 10.1. The van der Waals surface area contributed by atoms with Crippen LogP contribution in [0.2, 0.25) is 5.02 Å². The lowest BCUT2D eigenvalue weighted by Gasteiger charge is -2.13. The third kappa shape index (κ3) is 4.46. The molecule has 0 radical (unpaired) electrons. The van der Waals surface area contributed by atoms with Crippen LogP contribution in [0.1, 0.15) is 39.2 Å². The van der Waals surface area contributed by atoms with Crippen molar-refractivity contribution >= 4 is 23.4 Å². The Morgan fingerprint density at radius 2 is 1.79 bits per heavy atom. The topological polar surface area (TPSA) is 83.3 Å². The lowest BCUT2D eigenvalue weighted by Crippen LogP contribution is -2.25. The number of methoxy groups -OCH3 is 1. The van der Waals surface area contributed by atoms with Crippen LogP contribution in [0.3, 0.4) is 0 Å². The molecule has 0 aliphatic heterocycles. The predicted octanol–water partition coefficient (Wildman–Crippen LogP) is 3.97. The van der Waals surface area contributed by atoms with E-state index in [2.05, 4.69) is 10.1 Å². The van der Waals surface area contributed by atoms with Crippen LogP contribution in [0.5, 0.6) is 5.75 Å². The van der Waals surface area contributed by atoms with E-state index >= 15 is 0 Å².